The van der Waals surface area contributed by atoms with Crippen LogP contribution in [-0.2, 0) is 4.79 Å². The number of hydrogen-bond acceptors (Lipinski definition) is 2. The fraction of sp³-hybridized carbons (Fsp3) is 0.231. The average molecular weight is 229 g/mol. The summed E-state index contributed by atoms with van der Waals surface area (Å²) in [6.45, 7) is 3.78. The molecular weight excluding hydrogens is 214 g/mol. The lowest BCUT2D eigenvalue weighted by Crippen LogP contribution is -2.19. The van der Waals surface area contributed by atoms with Crippen LogP contribution in [0.5, 0.6) is 0 Å². The summed E-state index contributed by atoms with van der Waals surface area (Å²) in [4.78, 5) is 12.0. The first-order valence-electron chi connectivity index (χ1n) is 5.54. The van der Waals surface area contributed by atoms with Gasteiger partial charge < -0.3 is 5.32 Å². The molecule has 0 saturated heterocycles. The van der Waals surface area contributed by atoms with Crippen LogP contribution in [0.1, 0.15) is 24.0 Å². The highest BCUT2D eigenvalue weighted by atomic mass is 16.1. The minimum Gasteiger partial charge on any atom is -0.310 e. The minimum atomic E-state index is -0.182. The Morgan fingerprint density at radius 3 is 2.65 bits per heavy atom. The number of nitrogens with zero attached hydrogens (tertiary/aromatic N) is 1. The number of nitrogens with one attached hydrogen (secondary N) is 2. The highest BCUT2D eigenvalue weighted by Gasteiger charge is 2.16. The monoisotopic (exact) mass is 229 g/mol. The number of hydrogen-bond donors (Lipinski definition) is 2. The van der Waals surface area contributed by atoms with Crippen molar-refractivity contribution in [3.8, 4) is 0 Å². The van der Waals surface area contributed by atoms with E-state index in [-0.39, 0.29) is 11.8 Å². The summed E-state index contributed by atoms with van der Waals surface area (Å²) in [5, 5.41) is 9.46. The number of benzene rings is 1. The molecule has 88 valence electrons. The summed E-state index contributed by atoms with van der Waals surface area (Å²) < 4.78 is 0. The van der Waals surface area contributed by atoms with Crippen molar-refractivity contribution < 1.29 is 4.79 Å². The summed E-state index contributed by atoms with van der Waals surface area (Å²) in [6, 6.07) is 9.70. The molecule has 0 bridgehead atoms. The van der Waals surface area contributed by atoms with E-state index in [2.05, 4.69) is 15.5 Å². The molecule has 0 spiro atoms. The molecule has 4 heteroatoms. The lowest BCUT2D eigenvalue weighted by atomic mass is 10.0. The zero-order valence-electron chi connectivity index (χ0n) is 9.90. The number of aromatic amines is 1. The summed E-state index contributed by atoms with van der Waals surface area (Å²) in [5.41, 5.74) is 1.93. The van der Waals surface area contributed by atoms with Crippen LogP contribution in [0.3, 0.4) is 0 Å². The predicted molar refractivity (Wildman–Crippen MR) is 66.8 cm³/mol. The first-order valence-corrected chi connectivity index (χ1v) is 5.54. The van der Waals surface area contributed by atoms with Crippen LogP contribution in [0.25, 0.3) is 0 Å². The molecule has 2 rings (SSSR count). The Bertz CT molecular complexity index is 504. The summed E-state index contributed by atoms with van der Waals surface area (Å²) >= 11 is 0. The Hall–Kier alpha value is -2.10. The van der Waals surface area contributed by atoms with Gasteiger partial charge in [0.25, 0.3) is 0 Å². The Morgan fingerprint density at radius 2 is 2.06 bits per heavy atom. The van der Waals surface area contributed by atoms with Crippen molar-refractivity contribution in [2.24, 2.45) is 0 Å². The molecule has 1 amide bonds. The number of carbonyl (C=O) groups is 1. The van der Waals surface area contributed by atoms with E-state index in [4.69, 9.17) is 0 Å². The maximum Gasteiger partial charge on any atom is 0.232 e. The van der Waals surface area contributed by atoms with Gasteiger partial charge in [-0.25, -0.2) is 0 Å². The van der Waals surface area contributed by atoms with E-state index >= 15 is 0 Å². The standard InChI is InChI=1S/C13H15N3O/c1-9-8-14-16-12(9)15-13(17)10(2)11-6-4-3-5-7-11/h3-8,10H,1-2H3,(H2,14,15,16,17). The van der Waals surface area contributed by atoms with Gasteiger partial charge in [0.2, 0.25) is 5.91 Å². The van der Waals surface area contributed by atoms with Gasteiger partial charge in [0.15, 0.2) is 0 Å². The van der Waals surface area contributed by atoms with Gasteiger partial charge in [0.1, 0.15) is 5.82 Å². The largest absolute Gasteiger partial charge is 0.310 e. The lowest BCUT2D eigenvalue weighted by Gasteiger charge is -2.11. The third kappa shape index (κ3) is 2.53. The molecule has 1 heterocycles. The number of H-pyrrole nitrogens is 1. The minimum absolute atomic E-state index is 0.0384. The predicted octanol–water partition coefficient (Wildman–Crippen LogP) is 2.46. The Kier molecular flexibility index (Phi) is 3.23. The third-order valence-corrected chi connectivity index (χ3v) is 2.77. The molecule has 0 radical (unpaired) electrons. The SMILES string of the molecule is Cc1cn[nH]c1NC(=O)C(C)c1ccccc1. The average Bonchev–Trinajstić information content (AvgIpc) is 2.75. The molecule has 0 aliphatic rings. The molecular formula is C13H15N3O. The first-order chi connectivity index (χ1) is 8.18. The zero-order chi connectivity index (χ0) is 12.3. The van der Waals surface area contributed by atoms with E-state index in [0.717, 1.165) is 11.1 Å². The number of amides is 1. The Balaban J connectivity index is 2.09. The maximum absolute atomic E-state index is 12.0. The third-order valence-electron chi connectivity index (χ3n) is 2.77. The molecule has 4 nitrogen and oxygen atoms in total. The normalized spacial score (nSPS) is 12.1. The quantitative estimate of drug-likeness (QED) is 0.849. The van der Waals surface area contributed by atoms with Crippen LogP contribution in [0.2, 0.25) is 0 Å². The van der Waals surface area contributed by atoms with Gasteiger partial charge in [0.05, 0.1) is 12.1 Å². The van der Waals surface area contributed by atoms with E-state index < -0.39 is 0 Å². The number of aromatic nitrogens is 2. The maximum atomic E-state index is 12.0. The number of aryl methyl sites for hydroxylation is 1. The topological polar surface area (TPSA) is 57.8 Å². The Labute approximate surface area is 100 Å². The highest BCUT2D eigenvalue weighted by molar-refractivity contribution is 5.95. The van der Waals surface area contributed by atoms with Gasteiger partial charge in [0, 0.05) is 5.56 Å². The molecule has 1 aromatic heterocycles. The zero-order valence-corrected chi connectivity index (χ0v) is 9.90. The molecule has 17 heavy (non-hydrogen) atoms. The van der Waals surface area contributed by atoms with Crippen molar-refractivity contribution >= 4 is 11.7 Å². The van der Waals surface area contributed by atoms with E-state index in [0.29, 0.717) is 5.82 Å². The summed E-state index contributed by atoms with van der Waals surface area (Å²) in [5.74, 6) is 0.445. The van der Waals surface area contributed by atoms with Gasteiger partial charge in [-0.3, -0.25) is 9.89 Å². The molecule has 0 aliphatic heterocycles. The van der Waals surface area contributed by atoms with Crippen molar-refractivity contribution in [1.82, 2.24) is 10.2 Å². The summed E-state index contributed by atoms with van der Waals surface area (Å²) in [6.07, 6.45) is 1.68. The van der Waals surface area contributed by atoms with Crippen LogP contribution in [0.4, 0.5) is 5.82 Å². The van der Waals surface area contributed by atoms with Gasteiger partial charge in [-0.05, 0) is 19.4 Å². The lowest BCUT2D eigenvalue weighted by molar-refractivity contribution is -0.117. The van der Waals surface area contributed by atoms with Gasteiger partial charge in [-0.1, -0.05) is 30.3 Å². The van der Waals surface area contributed by atoms with E-state index in [9.17, 15) is 4.79 Å². The van der Waals surface area contributed by atoms with Crippen LogP contribution in [-0.4, -0.2) is 16.1 Å². The van der Waals surface area contributed by atoms with E-state index in [1.54, 1.807) is 6.20 Å². The number of carbonyl (C=O) groups excluding carboxylic acids is 1. The van der Waals surface area contributed by atoms with Crippen molar-refractivity contribution in [2.45, 2.75) is 19.8 Å². The molecule has 0 aliphatic carbocycles. The van der Waals surface area contributed by atoms with Crippen molar-refractivity contribution in [3.63, 3.8) is 0 Å². The second-order valence-electron chi connectivity index (χ2n) is 4.05. The number of anilines is 1. The second kappa shape index (κ2) is 4.82. The molecule has 2 N–H and O–H groups in total. The first kappa shape index (κ1) is 11.4. The van der Waals surface area contributed by atoms with Gasteiger partial charge in [-0.2, -0.15) is 5.10 Å². The van der Waals surface area contributed by atoms with Gasteiger partial charge >= 0.3 is 0 Å². The highest BCUT2D eigenvalue weighted by Crippen LogP contribution is 2.17. The van der Waals surface area contributed by atoms with Crippen molar-refractivity contribution in [3.05, 3.63) is 47.7 Å². The van der Waals surface area contributed by atoms with Crippen molar-refractivity contribution in [1.29, 1.82) is 0 Å². The Morgan fingerprint density at radius 1 is 1.35 bits per heavy atom. The molecule has 1 unspecified atom stereocenters. The summed E-state index contributed by atoms with van der Waals surface area (Å²) in [7, 11) is 0. The van der Waals surface area contributed by atoms with Gasteiger partial charge in [-0.15, -0.1) is 0 Å². The molecule has 0 fully saturated rings. The van der Waals surface area contributed by atoms with Crippen molar-refractivity contribution in [2.75, 3.05) is 5.32 Å². The fourth-order valence-electron chi connectivity index (χ4n) is 1.60. The van der Waals surface area contributed by atoms with E-state index in [1.165, 1.54) is 0 Å². The van der Waals surface area contributed by atoms with Crippen LogP contribution in [0.15, 0.2) is 36.5 Å². The smallest absolute Gasteiger partial charge is 0.232 e. The number of rotatable bonds is 3. The van der Waals surface area contributed by atoms with Crippen LogP contribution < -0.4 is 5.32 Å². The van der Waals surface area contributed by atoms with E-state index in [1.807, 2.05) is 44.2 Å². The van der Waals surface area contributed by atoms with Crippen LogP contribution in [0, 0.1) is 6.92 Å². The molecule has 2 aromatic rings. The molecule has 1 aromatic carbocycles. The van der Waals surface area contributed by atoms with Crippen LogP contribution >= 0.6 is 0 Å². The second-order valence-corrected chi connectivity index (χ2v) is 4.05. The fourth-order valence-corrected chi connectivity index (χ4v) is 1.60. The molecule has 1 atom stereocenters. The molecule has 0 saturated carbocycles.